The third-order valence-corrected chi connectivity index (χ3v) is 3.18. The molecule has 0 aliphatic heterocycles. The van der Waals surface area contributed by atoms with Gasteiger partial charge in [-0.15, -0.1) is 0 Å². The Labute approximate surface area is 129 Å². The quantitative estimate of drug-likeness (QED) is 0.338. The molecule has 0 saturated carbocycles. The van der Waals surface area contributed by atoms with E-state index in [1.165, 1.54) is 6.92 Å². The Morgan fingerprint density at radius 3 is 2.14 bits per heavy atom. The summed E-state index contributed by atoms with van der Waals surface area (Å²) in [6.45, 7) is 4.41. The highest BCUT2D eigenvalue weighted by Gasteiger charge is 2.27. The predicted molar refractivity (Wildman–Crippen MR) is 78.7 cm³/mol. The fourth-order valence-electron chi connectivity index (χ4n) is 1.57. The Morgan fingerprint density at radius 1 is 1.09 bits per heavy atom. The summed E-state index contributed by atoms with van der Waals surface area (Å²) in [5.74, 6) is -3.04. The zero-order chi connectivity index (χ0) is 17.3. The van der Waals surface area contributed by atoms with Crippen molar-refractivity contribution in [2.24, 2.45) is 11.7 Å². The van der Waals surface area contributed by atoms with Gasteiger partial charge >= 0.3 is 5.97 Å². The van der Waals surface area contributed by atoms with E-state index >= 15 is 0 Å². The Hall–Kier alpha value is -2.16. The molecule has 3 amide bonds. The highest BCUT2D eigenvalue weighted by atomic mass is 16.4. The van der Waals surface area contributed by atoms with E-state index in [4.69, 9.17) is 10.8 Å². The first-order valence-corrected chi connectivity index (χ1v) is 7.02. The van der Waals surface area contributed by atoms with Crippen molar-refractivity contribution < 1.29 is 24.3 Å². The number of carbonyl (C=O) groups excluding carboxylic acids is 3. The number of rotatable bonds is 9. The summed E-state index contributed by atoms with van der Waals surface area (Å²) in [5, 5.41) is 16.1. The fourth-order valence-corrected chi connectivity index (χ4v) is 1.57. The van der Waals surface area contributed by atoms with Crippen molar-refractivity contribution in [2.45, 2.75) is 39.3 Å². The van der Waals surface area contributed by atoms with Crippen LogP contribution in [-0.2, 0) is 19.2 Å². The number of aliphatic carboxylic acids is 1. The number of carboxylic acid groups (broad SMARTS) is 1. The molecule has 0 heterocycles. The van der Waals surface area contributed by atoms with Crippen molar-refractivity contribution in [2.75, 3.05) is 13.1 Å². The maximum absolute atomic E-state index is 11.9. The standard InChI is InChI=1S/C13H24N4O5/c1-4-7(2)11(13(21)22)17-12(20)8(3)16-10(19)6-15-9(18)5-14/h7-8,11H,4-6,14H2,1-3H3,(H,15,18)(H,16,19)(H,17,20)(H,21,22)/t7-,8-,11-/m0/s1. The second kappa shape index (κ2) is 9.72. The van der Waals surface area contributed by atoms with Crippen molar-refractivity contribution in [3.05, 3.63) is 0 Å². The van der Waals surface area contributed by atoms with E-state index in [0.29, 0.717) is 6.42 Å². The zero-order valence-corrected chi connectivity index (χ0v) is 13.0. The zero-order valence-electron chi connectivity index (χ0n) is 13.0. The van der Waals surface area contributed by atoms with Gasteiger partial charge in [-0.05, 0) is 12.8 Å². The van der Waals surface area contributed by atoms with Crippen LogP contribution in [0.1, 0.15) is 27.2 Å². The van der Waals surface area contributed by atoms with Gasteiger partial charge in [0.05, 0.1) is 13.1 Å². The molecule has 0 aromatic carbocycles. The number of hydrogen-bond donors (Lipinski definition) is 5. The van der Waals surface area contributed by atoms with Gasteiger partial charge in [0.1, 0.15) is 12.1 Å². The molecule has 0 saturated heterocycles. The molecule has 22 heavy (non-hydrogen) atoms. The van der Waals surface area contributed by atoms with Crippen LogP contribution in [0.4, 0.5) is 0 Å². The van der Waals surface area contributed by atoms with Gasteiger partial charge in [-0.2, -0.15) is 0 Å². The van der Waals surface area contributed by atoms with E-state index in [9.17, 15) is 19.2 Å². The van der Waals surface area contributed by atoms with Crippen LogP contribution in [0, 0.1) is 5.92 Å². The van der Waals surface area contributed by atoms with Crippen LogP contribution in [0.25, 0.3) is 0 Å². The lowest BCUT2D eigenvalue weighted by atomic mass is 9.99. The lowest BCUT2D eigenvalue weighted by Gasteiger charge is -2.22. The molecule has 0 spiro atoms. The normalized spacial score (nSPS) is 14.4. The average molecular weight is 316 g/mol. The Balaban J connectivity index is 4.44. The third-order valence-electron chi connectivity index (χ3n) is 3.18. The predicted octanol–water partition coefficient (Wildman–Crippen LogP) is -1.82. The number of nitrogens with one attached hydrogen (secondary N) is 3. The maximum atomic E-state index is 11.9. The second-order valence-corrected chi connectivity index (χ2v) is 4.98. The minimum absolute atomic E-state index is 0.238. The molecule has 0 aliphatic rings. The minimum Gasteiger partial charge on any atom is -0.480 e. The van der Waals surface area contributed by atoms with Crippen LogP contribution < -0.4 is 21.7 Å². The Morgan fingerprint density at radius 2 is 1.68 bits per heavy atom. The summed E-state index contributed by atoms with van der Waals surface area (Å²) in [7, 11) is 0. The molecule has 0 aromatic heterocycles. The Bertz CT molecular complexity index is 427. The summed E-state index contributed by atoms with van der Waals surface area (Å²) in [5.41, 5.74) is 5.07. The third kappa shape index (κ3) is 7.02. The molecule has 0 fully saturated rings. The van der Waals surface area contributed by atoms with Gasteiger partial charge < -0.3 is 26.8 Å². The summed E-state index contributed by atoms with van der Waals surface area (Å²) >= 11 is 0. The van der Waals surface area contributed by atoms with Gasteiger partial charge in [-0.3, -0.25) is 14.4 Å². The molecule has 9 heteroatoms. The number of hydrogen-bond acceptors (Lipinski definition) is 5. The molecule has 126 valence electrons. The van der Waals surface area contributed by atoms with E-state index < -0.39 is 35.8 Å². The first-order chi connectivity index (χ1) is 10.2. The Kier molecular flexibility index (Phi) is 8.76. The van der Waals surface area contributed by atoms with E-state index in [-0.39, 0.29) is 19.0 Å². The van der Waals surface area contributed by atoms with Crippen LogP contribution in [0.15, 0.2) is 0 Å². The van der Waals surface area contributed by atoms with E-state index in [1.54, 1.807) is 6.92 Å². The number of carboxylic acids is 1. The van der Waals surface area contributed by atoms with Gasteiger partial charge in [0, 0.05) is 0 Å². The smallest absolute Gasteiger partial charge is 0.326 e. The second-order valence-electron chi connectivity index (χ2n) is 4.98. The van der Waals surface area contributed by atoms with Crippen LogP contribution in [0.2, 0.25) is 0 Å². The molecule has 0 radical (unpaired) electrons. The highest BCUT2D eigenvalue weighted by Crippen LogP contribution is 2.08. The van der Waals surface area contributed by atoms with Crippen LogP contribution in [0.5, 0.6) is 0 Å². The lowest BCUT2D eigenvalue weighted by molar-refractivity contribution is -0.143. The van der Waals surface area contributed by atoms with Gasteiger partial charge in [0.2, 0.25) is 17.7 Å². The van der Waals surface area contributed by atoms with Crippen LogP contribution in [0.3, 0.4) is 0 Å². The molecule has 9 nitrogen and oxygen atoms in total. The van der Waals surface area contributed by atoms with Crippen molar-refractivity contribution in [1.82, 2.24) is 16.0 Å². The molecular weight excluding hydrogens is 292 g/mol. The van der Waals surface area contributed by atoms with Crippen molar-refractivity contribution in [1.29, 1.82) is 0 Å². The molecule has 0 aromatic rings. The maximum Gasteiger partial charge on any atom is 0.326 e. The first kappa shape index (κ1) is 19.8. The van der Waals surface area contributed by atoms with Crippen LogP contribution >= 0.6 is 0 Å². The topological polar surface area (TPSA) is 151 Å². The van der Waals surface area contributed by atoms with Gasteiger partial charge in [-0.1, -0.05) is 20.3 Å². The molecule has 0 aliphatic carbocycles. The summed E-state index contributed by atoms with van der Waals surface area (Å²) < 4.78 is 0. The van der Waals surface area contributed by atoms with Crippen LogP contribution in [-0.4, -0.2) is 54.0 Å². The van der Waals surface area contributed by atoms with E-state index in [2.05, 4.69) is 16.0 Å². The largest absolute Gasteiger partial charge is 0.480 e. The fraction of sp³-hybridized carbons (Fsp3) is 0.692. The van der Waals surface area contributed by atoms with E-state index in [0.717, 1.165) is 0 Å². The van der Waals surface area contributed by atoms with Crippen molar-refractivity contribution in [3.8, 4) is 0 Å². The summed E-state index contributed by atoms with van der Waals surface area (Å²) in [6.07, 6.45) is 0.586. The molecule has 0 unspecified atom stereocenters. The molecule has 0 bridgehead atoms. The molecular formula is C13H24N4O5. The highest BCUT2D eigenvalue weighted by molar-refractivity contribution is 5.91. The number of amides is 3. The van der Waals surface area contributed by atoms with Gasteiger partial charge in [0.25, 0.3) is 0 Å². The SMILES string of the molecule is CC[C@H](C)[C@H](NC(=O)[C@H](C)NC(=O)CNC(=O)CN)C(=O)O. The minimum atomic E-state index is -1.13. The number of carbonyl (C=O) groups is 4. The first-order valence-electron chi connectivity index (χ1n) is 7.02. The molecule has 0 rings (SSSR count). The number of nitrogens with two attached hydrogens (primary N) is 1. The molecule has 3 atom stereocenters. The van der Waals surface area contributed by atoms with E-state index in [1.807, 2.05) is 6.92 Å². The van der Waals surface area contributed by atoms with Crippen molar-refractivity contribution >= 4 is 23.7 Å². The van der Waals surface area contributed by atoms with Gasteiger partial charge in [-0.25, -0.2) is 4.79 Å². The lowest BCUT2D eigenvalue weighted by Crippen LogP contribution is -2.53. The van der Waals surface area contributed by atoms with Gasteiger partial charge in [0.15, 0.2) is 0 Å². The molecule has 6 N–H and O–H groups in total. The van der Waals surface area contributed by atoms with Crippen molar-refractivity contribution in [3.63, 3.8) is 0 Å². The average Bonchev–Trinajstić information content (AvgIpc) is 2.48. The summed E-state index contributed by atoms with van der Waals surface area (Å²) in [6, 6.07) is -1.94. The summed E-state index contributed by atoms with van der Waals surface area (Å²) in [4.78, 5) is 45.5. The monoisotopic (exact) mass is 316 g/mol.